The molecule has 0 atom stereocenters. The maximum atomic E-state index is 11.3. The number of hydrogen-bond donors (Lipinski definition) is 1. The van der Waals surface area contributed by atoms with Gasteiger partial charge in [0.05, 0.1) is 13.2 Å². The molecular formula is C15H19NO3. The fraction of sp³-hybridized carbons (Fsp3) is 0.267. The van der Waals surface area contributed by atoms with E-state index in [0.717, 1.165) is 5.56 Å². The van der Waals surface area contributed by atoms with E-state index in [1.54, 1.807) is 12.2 Å². The van der Waals surface area contributed by atoms with E-state index in [9.17, 15) is 4.79 Å². The van der Waals surface area contributed by atoms with Gasteiger partial charge in [0.2, 0.25) is 0 Å². The largest absolute Gasteiger partial charge is 0.460 e. The summed E-state index contributed by atoms with van der Waals surface area (Å²) in [4.78, 5) is 11.3. The van der Waals surface area contributed by atoms with Gasteiger partial charge in [-0.2, -0.15) is 0 Å². The van der Waals surface area contributed by atoms with E-state index in [1.165, 1.54) is 6.08 Å². The van der Waals surface area contributed by atoms with Crippen LogP contribution >= 0.6 is 0 Å². The highest BCUT2D eigenvalue weighted by molar-refractivity contribution is 5.82. The van der Waals surface area contributed by atoms with Crippen molar-refractivity contribution in [3.8, 4) is 0 Å². The zero-order valence-electron chi connectivity index (χ0n) is 10.8. The Hall–Kier alpha value is -1.91. The fourth-order valence-corrected chi connectivity index (χ4v) is 1.30. The topological polar surface area (TPSA) is 61.6 Å². The highest BCUT2D eigenvalue weighted by Gasteiger charge is 1.95. The van der Waals surface area contributed by atoms with Crippen LogP contribution in [0.15, 0.2) is 48.6 Å². The smallest absolute Gasteiger partial charge is 0.330 e. The van der Waals surface area contributed by atoms with E-state index in [-0.39, 0.29) is 12.6 Å². The Morgan fingerprint density at radius 3 is 2.63 bits per heavy atom. The number of nitrogens with two attached hydrogens (primary N) is 1. The van der Waals surface area contributed by atoms with Gasteiger partial charge in [-0.1, -0.05) is 48.6 Å². The Morgan fingerprint density at radius 2 is 1.89 bits per heavy atom. The first-order valence-corrected chi connectivity index (χ1v) is 6.17. The van der Waals surface area contributed by atoms with Crippen LogP contribution in [0.2, 0.25) is 0 Å². The molecule has 0 bridgehead atoms. The molecule has 1 aromatic rings. The van der Waals surface area contributed by atoms with Crippen LogP contribution in [0.3, 0.4) is 0 Å². The van der Waals surface area contributed by atoms with Crippen LogP contribution in [0.25, 0.3) is 6.08 Å². The van der Waals surface area contributed by atoms with E-state index in [0.29, 0.717) is 19.8 Å². The summed E-state index contributed by atoms with van der Waals surface area (Å²) in [6.07, 6.45) is 6.73. The SMILES string of the molecule is NCCOCCOC(=O)/C=C/C=C/c1ccccc1. The molecule has 0 radical (unpaired) electrons. The van der Waals surface area contributed by atoms with Crippen molar-refractivity contribution in [2.24, 2.45) is 5.73 Å². The lowest BCUT2D eigenvalue weighted by Crippen LogP contribution is -2.13. The average molecular weight is 261 g/mol. The maximum Gasteiger partial charge on any atom is 0.330 e. The lowest BCUT2D eigenvalue weighted by atomic mass is 10.2. The molecule has 4 heteroatoms. The van der Waals surface area contributed by atoms with Crippen molar-refractivity contribution in [1.82, 2.24) is 0 Å². The number of hydrogen-bond acceptors (Lipinski definition) is 4. The Morgan fingerprint density at radius 1 is 1.11 bits per heavy atom. The Kier molecular flexibility index (Phi) is 8.02. The molecule has 2 N–H and O–H groups in total. The van der Waals surface area contributed by atoms with Crippen molar-refractivity contribution < 1.29 is 14.3 Å². The number of esters is 1. The molecule has 0 saturated heterocycles. The first-order chi connectivity index (χ1) is 9.33. The highest BCUT2D eigenvalue weighted by Crippen LogP contribution is 2.00. The first kappa shape index (κ1) is 15.1. The monoisotopic (exact) mass is 261 g/mol. The first-order valence-electron chi connectivity index (χ1n) is 6.17. The lowest BCUT2D eigenvalue weighted by molar-refractivity contribution is -0.139. The fourth-order valence-electron chi connectivity index (χ4n) is 1.30. The molecule has 0 fully saturated rings. The second-order valence-corrected chi connectivity index (χ2v) is 3.70. The van der Waals surface area contributed by atoms with Gasteiger partial charge in [-0.15, -0.1) is 0 Å². The number of rotatable bonds is 8. The predicted molar refractivity (Wildman–Crippen MR) is 75.4 cm³/mol. The van der Waals surface area contributed by atoms with Crippen molar-refractivity contribution >= 4 is 12.0 Å². The normalized spacial score (nSPS) is 11.2. The van der Waals surface area contributed by atoms with Crippen LogP contribution in [0.5, 0.6) is 0 Å². The van der Waals surface area contributed by atoms with Crippen LogP contribution in [0.4, 0.5) is 0 Å². The number of allylic oxidation sites excluding steroid dienone is 2. The third-order valence-electron chi connectivity index (χ3n) is 2.17. The summed E-state index contributed by atoms with van der Waals surface area (Å²) in [6.45, 7) is 1.56. The van der Waals surface area contributed by atoms with Crippen LogP contribution in [-0.4, -0.2) is 32.3 Å². The zero-order valence-corrected chi connectivity index (χ0v) is 10.8. The summed E-state index contributed by atoms with van der Waals surface area (Å²) in [5.74, 6) is -0.380. The molecule has 0 aliphatic heterocycles. The summed E-state index contributed by atoms with van der Waals surface area (Å²) >= 11 is 0. The highest BCUT2D eigenvalue weighted by atomic mass is 16.6. The third kappa shape index (κ3) is 7.91. The molecule has 0 saturated carbocycles. The number of carbonyl (C=O) groups excluding carboxylic acids is 1. The minimum Gasteiger partial charge on any atom is -0.460 e. The molecule has 1 aromatic carbocycles. The van der Waals surface area contributed by atoms with Crippen LogP contribution < -0.4 is 5.73 Å². The lowest BCUT2D eigenvalue weighted by Gasteiger charge is -2.02. The van der Waals surface area contributed by atoms with E-state index < -0.39 is 0 Å². The summed E-state index contributed by atoms with van der Waals surface area (Å²) in [7, 11) is 0. The predicted octanol–water partition coefficient (Wildman–Crippen LogP) is 1.77. The Bertz CT molecular complexity index is 413. The van der Waals surface area contributed by atoms with Crippen molar-refractivity contribution in [3.05, 3.63) is 54.1 Å². The molecule has 0 aromatic heterocycles. The Labute approximate surface area is 113 Å². The second kappa shape index (κ2) is 10.1. The van der Waals surface area contributed by atoms with Crippen LogP contribution in [0, 0.1) is 0 Å². The summed E-state index contributed by atoms with van der Waals surface area (Å²) in [6, 6.07) is 9.84. The molecule has 0 unspecified atom stereocenters. The minimum atomic E-state index is -0.380. The molecular weight excluding hydrogens is 242 g/mol. The van der Waals surface area contributed by atoms with Crippen molar-refractivity contribution in [1.29, 1.82) is 0 Å². The van der Waals surface area contributed by atoms with Crippen LogP contribution in [0.1, 0.15) is 5.56 Å². The number of carbonyl (C=O) groups is 1. The molecule has 4 nitrogen and oxygen atoms in total. The van der Waals surface area contributed by atoms with Gasteiger partial charge in [0, 0.05) is 12.6 Å². The van der Waals surface area contributed by atoms with Gasteiger partial charge >= 0.3 is 5.97 Å². The second-order valence-electron chi connectivity index (χ2n) is 3.70. The average Bonchev–Trinajstić information content (AvgIpc) is 2.44. The standard InChI is InChI=1S/C15H19NO3/c16-10-11-18-12-13-19-15(17)9-5-4-8-14-6-2-1-3-7-14/h1-9H,10-13,16H2/b8-4+,9-5+. The summed E-state index contributed by atoms with van der Waals surface area (Å²) in [5, 5.41) is 0. The van der Waals surface area contributed by atoms with Gasteiger partial charge < -0.3 is 15.2 Å². The van der Waals surface area contributed by atoms with Gasteiger partial charge in [0.1, 0.15) is 6.61 Å². The maximum absolute atomic E-state index is 11.3. The molecule has 0 spiro atoms. The molecule has 0 amide bonds. The van der Waals surface area contributed by atoms with Crippen LogP contribution in [-0.2, 0) is 14.3 Å². The molecule has 0 heterocycles. The van der Waals surface area contributed by atoms with E-state index in [4.69, 9.17) is 15.2 Å². The van der Waals surface area contributed by atoms with E-state index in [1.807, 2.05) is 36.4 Å². The molecule has 0 aliphatic carbocycles. The molecule has 1 rings (SSSR count). The van der Waals surface area contributed by atoms with Crippen molar-refractivity contribution in [2.75, 3.05) is 26.4 Å². The number of benzene rings is 1. The molecule has 0 aliphatic rings. The quantitative estimate of drug-likeness (QED) is 0.335. The zero-order chi connectivity index (χ0) is 13.8. The van der Waals surface area contributed by atoms with Gasteiger partial charge in [-0.3, -0.25) is 0 Å². The Balaban J connectivity index is 2.18. The van der Waals surface area contributed by atoms with Gasteiger partial charge in [-0.25, -0.2) is 4.79 Å². The third-order valence-corrected chi connectivity index (χ3v) is 2.17. The van der Waals surface area contributed by atoms with Crippen molar-refractivity contribution in [2.45, 2.75) is 0 Å². The molecule has 19 heavy (non-hydrogen) atoms. The van der Waals surface area contributed by atoms with E-state index >= 15 is 0 Å². The number of ether oxygens (including phenoxy) is 2. The minimum absolute atomic E-state index is 0.242. The van der Waals surface area contributed by atoms with E-state index in [2.05, 4.69) is 0 Å². The van der Waals surface area contributed by atoms with Gasteiger partial charge in [0.15, 0.2) is 0 Å². The van der Waals surface area contributed by atoms with Gasteiger partial charge in [-0.05, 0) is 5.56 Å². The summed E-state index contributed by atoms with van der Waals surface area (Å²) < 4.78 is 9.99. The van der Waals surface area contributed by atoms with Gasteiger partial charge in [0.25, 0.3) is 0 Å². The summed E-state index contributed by atoms with van der Waals surface area (Å²) in [5.41, 5.74) is 6.33. The van der Waals surface area contributed by atoms with Crippen molar-refractivity contribution in [3.63, 3.8) is 0 Å². The molecule has 102 valence electrons.